The van der Waals surface area contributed by atoms with Gasteiger partial charge in [0.2, 0.25) is 5.91 Å². The highest BCUT2D eigenvalue weighted by Gasteiger charge is 2.07. The van der Waals surface area contributed by atoms with Crippen molar-refractivity contribution in [2.45, 2.75) is 19.4 Å². The molecule has 112 valence electrons. The zero-order valence-electron chi connectivity index (χ0n) is 11.9. The van der Waals surface area contributed by atoms with Gasteiger partial charge in [-0.25, -0.2) is 4.98 Å². The highest BCUT2D eigenvalue weighted by molar-refractivity contribution is 7.18. The number of halogens is 1. The summed E-state index contributed by atoms with van der Waals surface area (Å²) in [6, 6.07) is 15.5. The van der Waals surface area contributed by atoms with E-state index in [2.05, 4.69) is 10.3 Å². The summed E-state index contributed by atoms with van der Waals surface area (Å²) >= 11 is 7.71. The normalized spacial score (nSPS) is 10.8. The van der Waals surface area contributed by atoms with Gasteiger partial charge in [0.15, 0.2) is 0 Å². The van der Waals surface area contributed by atoms with E-state index in [1.807, 2.05) is 48.5 Å². The SMILES string of the molecule is O=C(CCc1nc2ccccc2s1)NCc1ccccc1Cl. The van der Waals surface area contributed by atoms with Crippen molar-refractivity contribution in [1.82, 2.24) is 10.3 Å². The number of rotatable bonds is 5. The summed E-state index contributed by atoms with van der Waals surface area (Å²) in [6.45, 7) is 0.457. The number of benzene rings is 2. The highest BCUT2D eigenvalue weighted by atomic mass is 35.5. The smallest absolute Gasteiger partial charge is 0.220 e. The van der Waals surface area contributed by atoms with Gasteiger partial charge in [-0.3, -0.25) is 4.79 Å². The maximum atomic E-state index is 11.9. The maximum Gasteiger partial charge on any atom is 0.220 e. The number of hydrogen-bond acceptors (Lipinski definition) is 3. The molecule has 0 aliphatic carbocycles. The first kappa shape index (κ1) is 15.0. The Bertz CT molecular complexity index is 767. The number of carbonyl (C=O) groups excluding carboxylic acids is 1. The van der Waals surface area contributed by atoms with Crippen molar-refractivity contribution < 1.29 is 4.79 Å². The van der Waals surface area contributed by atoms with E-state index in [0.717, 1.165) is 20.8 Å². The van der Waals surface area contributed by atoms with Crippen LogP contribution in [-0.2, 0) is 17.8 Å². The second-order valence-corrected chi connectivity index (χ2v) is 6.47. The Morgan fingerprint density at radius 3 is 2.73 bits per heavy atom. The zero-order valence-corrected chi connectivity index (χ0v) is 13.5. The third-order valence-corrected chi connectivity index (χ3v) is 4.80. The van der Waals surface area contributed by atoms with Crippen LogP contribution in [0.2, 0.25) is 5.02 Å². The van der Waals surface area contributed by atoms with E-state index in [1.165, 1.54) is 0 Å². The third-order valence-electron chi connectivity index (χ3n) is 3.34. The number of amides is 1. The van der Waals surface area contributed by atoms with Gasteiger partial charge in [0.05, 0.1) is 15.2 Å². The summed E-state index contributed by atoms with van der Waals surface area (Å²) in [4.78, 5) is 16.5. The Kier molecular flexibility index (Phi) is 4.71. The van der Waals surface area contributed by atoms with Gasteiger partial charge in [-0.2, -0.15) is 0 Å². The van der Waals surface area contributed by atoms with Crippen LogP contribution in [0.15, 0.2) is 48.5 Å². The maximum absolute atomic E-state index is 11.9. The Morgan fingerprint density at radius 1 is 1.14 bits per heavy atom. The lowest BCUT2D eigenvalue weighted by Gasteiger charge is -2.06. The summed E-state index contributed by atoms with van der Waals surface area (Å²) in [5.74, 6) is 0.0131. The van der Waals surface area contributed by atoms with Crippen LogP contribution in [0, 0.1) is 0 Å². The standard InChI is InChI=1S/C17H15ClN2OS/c18-13-6-2-1-5-12(13)11-19-16(21)9-10-17-20-14-7-3-4-8-15(14)22-17/h1-8H,9-11H2,(H,19,21). The van der Waals surface area contributed by atoms with Crippen LogP contribution in [0.4, 0.5) is 0 Å². The number of nitrogens with one attached hydrogen (secondary N) is 1. The van der Waals surface area contributed by atoms with Crippen LogP contribution >= 0.6 is 22.9 Å². The van der Waals surface area contributed by atoms with E-state index in [0.29, 0.717) is 24.4 Å². The predicted molar refractivity (Wildman–Crippen MR) is 91.2 cm³/mol. The molecule has 0 unspecified atom stereocenters. The van der Waals surface area contributed by atoms with Crippen molar-refractivity contribution in [3.8, 4) is 0 Å². The van der Waals surface area contributed by atoms with E-state index < -0.39 is 0 Å². The highest BCUT2D eigenvalue weighted by Crippen LogP contribution is 2.22. The lowest BCUT2D eigenvalue weighted by atomic mass is 10.2. The first-order valence-corrected chi connectivity index (χ1v) is 8.26. The summed E-state index contributed by atoms with van der Waals surface area (Å²) in [6.07, 6.45) is 1.10. The van der Waals surface area contributed by atoms with Gasteiger partial charge in [-0.05, 0) is 23.8 Å². The fourth-order valence-corrected chi connectivity index (χ4v) is 3.34. The van der Waals surface area contributed by atoms with Gasteiger partial charge in [0, 0.05) is 24.4 Å². The number of fused-ring (bicyclic) bond motifs is 1. The molecule has 0 saturated carbocycles. The number of aryl methyl sites for hydroxylation is 1. The Labute approximate surface area is 138 Å². The van der Waals surface area contributed by atoms with Crippen LogP contribution in [-0.4, -0.2) is 10.9 Å². The molecule has 0 fully saturated rings. The van der Waals surface area contributed by atoms with Crippen LogP contribution in [0.5, 0.6) is 0 Å². The molecule has 0 radical (unpaired) electrons. The van der Waals surface area contributed by atoms with Crippen molar-refractivity contribution in [3.63, 3.8) is 0 Å². The molecule has 2 aromatic carbocycles. The molecule has 0 bridgehead atoms. The molecule has 0 aliphatic rings. The van der Waals surface area contributed by atoms with E-state index in [1.54, 1.807) is 11.3 Å². The molecule has 0 aliphatic heterocycles. The van der Waals surface area contributed by atoms with Crippen LogP contribution in [0.25, 0.3) is 10.2 Å². The fraction of sp³-hybridized carbons (Fsp3) is 0.176. The minimum absolute atomic E-state index is 0.0131. The molecule has 1 aromatic heterocycles. The fourth-order valence-electron chi connectivity index (χ4n) is 2.17. The largest absolute Gasteiger partial charge is 0.352 e. The lowest BCUT2D eigenvalue weighted by molar-refractivity contribution is -0.121. The molecule has 0 spiro atoms. The number of aromatic nitrogens is 1. The summed E-state index contributed by atoms with van der Waals surface area (Å²) in [7, 11) is 0. The summed E-state index contributed by atoms with van der Waals surface area (Å²) in [5.41, 5.74) is 1.93. The van der Waals surface area contributed by atoms with Crippen molar-refractivity contribution >= 4 is 39.1 Å². The quantitative estimate of drug-likeness (QED) is 0.761. The molecule has 3 rings (SSSR count). The van der Waals surface area contributed by atoms with E-state index >= 15 is 0 Å². The van der Waals surface area contributed by atoms with Gasteiger partial charge in [-0.15, -0.1) is 11.3 Å². The van der Waals surface area contributed by atoms with Crippen LogP contribution in [0.3, 0.4) is 0 Å². The van der Waals surface area contributed by atoms with Gasteiger partial charge in [0.1, 0.15) is 0 Å². The molecule has 3 aromatic rings. The van der Waals surface area contributed by atoms with Gasteiger partial charge < -0.3 is 5.32 Å². The van der Waals surface area contributed by atoms with E-state index in [-0.39, 0.29) is 5.91 Å². The Balaban J connectivity index is 1.53. The summed E-state index contributed by atoms with van der Waals surface area (Å²) in [5, 5.41) is 4.57. The number of carbonyl (C=O) groups is 1. The number of hydrogen-bond donors (Lipinski definition) is 1. The number of nitrogens with zero attached hydrogens (tertiary/aromatic N) is 1. The van der Waals surface area contributed by atoms with Gasteiger partial charge in [0.25, 0.3) is 0 Å². The third kappa shape index (κ3) is 3.64. The van der Waals surface area contributed by atoms with Crippen molar-refractivity contribution in [1.29, 1.82) is 0 Å². The monoisotopic (exact) mass is 330 g/mol. The van der Waals surface area contributed by atoms with Crippen molar-refractivity contribution in [2.24, 2.45) is 0 Å². The van der Waals surface area contributed by atoms with Gasteiger partial charge in [-0.1, -0.05) is 41.9 Å². The molecule has 0 saturated heterocycles. The van der Waals surface area contributed by atoms with Crippen molar-refractivity contribution in [2.75, 3.05) is 0 Å². The molecule has 22 heavy (non-hydrogen) atoms. The molecule has 1 amide bonds. The summed E-state index contributed by atoms with van der Waals surface area (Å²) < 4.78 is 1.16. The topological polar surface area (TPSA) is 42.0 Å². The van der Waals surface area contributed by atoms with Gasteiger partial charge >= 0.3 is 0 Å². The molecule has 5 heteroatoms. The molecule has 1 heterocycles. The molecular formula is C17H15ClN2OS. The first-order valence-electron chi connectivity index (χ1n) is 7.07. The van der Waals surface area contributed by atoms with E-state index in [4.69, 9.17) is 11.6 Å². The minimum Gasteiger partial charge on any atom is -0.352 e. The van der Waals surface area contributed by atoms with Crippen molar-refractivity contribution in [3.05, 3.63) is 64.1 Å². The number of para-hydroxylation sites is 1. The number of thiazole rings is 1. The second kappa shape index (κ2) is 6.90. The minimum atomic E-state index is 0.0131. The zero-order chi connectivity index (χ0) is 15.4. The Morgan fingerprint density at radius 2 is 1.91 bits per heavy atom. The predicted octanol–water partition coefficient (Wildman–Crippen LogP) is 4.20. The lowest BCUT2D eigenvalue weighted by Crippen LogP contribution is -2.23. The average Bonchev–Trinajstić information content (AvgIpc) is 2.95. The molecule has 1 N–H and O–H groups in total. The molecule has 0 atom stereocenters. The van der Waals surface area contributed by atoms with Crippen LogP contribution in [0.1, 0.15) is 17.0 Å². The molecule has 3 nitrogen and oxygen atoms in total. The van der Waals surface area contributed by atoms with Crippen LogP contribution < -0.4 is 5.32 Å². The average molecular weight is 331 g/mol. The van der Waals surface area contributed by atoms with E-state index in [9.17, 15) is 4.79 Å². The second-order valence-electron chi connectivity index (χ2n) is 4.94. The molecular weight excluding hydrogens is 316 g/mol. The first-order chi connectivity index (χ1) is 10.7. The Hall–Kier alpha value is -1.91.